The number of hydrogen-bond acceptors (Lipinski definition) is 4. The van der Waals surface area contributed by atoms with E-state index >= 15 is 0 Å². The molecule has 208 valence electrons. The molecule has 4 aromatic carbocycles. The maximum absolute atomic E-state index is 13.4. The summed E-state index contributed by atoms with van der Waals surface area (Å²) in [5, 5.41) is 2.27. The van der Waals surface area contributed by atoms with Crippen molar-refractivity contribution in [1.82, 2.24) is 9.80 Å². The molecule has 2 heterocycles. The van der Waals surface area contributed by atoms with E-state index in [-0.39, 0.29) is 24.1 Å². The van der Waals surface area contributed by atoms with Crippen LogP contribution in [0.3, 0.4) is 0 Å². The van der Waals surface area contributed by atoms with E-state index in [4.69, 9.17) is 5.73 Å². The van der Waals surface area contributed by atoms with Crippen LogP contribution in [0.25, 0.3) is 10.8 Å². The van der Waals surface area contributed by atoms with Crippen molar-refractivity contribution >= 4 is 28.5 Å². The number of rotatable bonds is 7. The van der Waals surface area contributed by atoms with Gasteiger partial charge in [-0.1, -0.05) is 91.0 Å². The van der Waals surface area contributed by atoms with Crippen molar-refractivity contribution in [2.24, 2.45) is 5.73 Å². The van der Waals surface area contributed by atoms with Gasteiger partial charge in [-0.25, -0.2) is 0 Å². The average Bonchev–Trinajstić information content (AvgIpc) is 3.37. The second kappa shape index (κ2) is 10.9. The van der Waals surface area contributed by atoms with Crippen LogP contribution in [0.1, 0.15) is 47.2 Å². The first-order chi connectivity index (χ1) is 19.9. The Morgan fingerprint density at radius 3 is 2.07 bits per heavy atom. The first-order valence-electron chi connectivity index (χ1n) is 14.4. The molecule has 1 unspecified atom stereocenters. The Balaban J connectivity index is 1.25. The highest BCUT2D eigenvalue weighted by Gasteiger charge is 2.47. The van der Waals surface area contributed by atoms with Gasteiger partial charge in [-0.2, -0.15) is 0 Å². The van der Waals surface area contributed by atoms with Crippen LogP contribution in [-0.2, 0) is 20.4 Å². The third-order valence-corrected chi connectivity index (χ3v) is 9.29. The lowest BCUT2D eigenvalue weighted by Gasteiger charge is -2.41. The van der Waals surface area contributed by atoms with Gasteiger partial charge in [0.05, 0.1) is 5.41 Å². The smallest absolute Gasteiger partial charge is 0.260 e. The highest BCUT2D eigenvalue weighted by atomic mass is 16.2. The van der Waals surface area contributed by atoms with Crippen LogP contribution >= 0.6 is 0 Å². The van der Waals surface area contributed by atoms with Crippen molar-refractivity contribution < 1.29 is 14.4 Å². The predicted octanol–water partition coefficient (Wildman–Crippen LogP) is 5.06. The molecule has 2 aliphatic rings. The molecule has 6 rings (SSSR count). The van der Waals surface area contributed by atoms with E-state index in [1.807, 2.05) is 60.7 Å². The molecule has 0 radical (unpaired) electrons. The monoisotopic (exact) mass is 545 g/mol. The summed E-state index contributed by atoms with van der Waals surface area (Å²) in [5.41, 5.74) is 7.41. The zero-order valence-electron chi connectivity index (χ0n) is 23.2. The Labute approximate surface area is 240 Å². The second-order valence-corrected chi connectivity index (χ2v) is 11.6. The predicted molar refractivity (Wildman–Crippen MR) is 160 cm³/mol. The maximum Gasteiger partial charge on any atom is 0.260 e. The normalized spacial score (nSPS) is 20.8. The third kappa shape index (κ3) is 5.04. The lowest BCUT2D eigenvalue weighted by atomic mass is 9.71. The standard InChI is InChI=1S/C35H35N3O3/c36-33(41)35(29-13-5-2-6-14-29)18-21-37(22-19-35)20-17-34(30-16-15-26-9-7-8-12-28(26)23-30)24-31(39)38(25-34)32(40)27-10-3-1-4-11-27/h1-16,23H,17-22,24-25H2,(H2,36,41). The zero-order chi connectivity index (χ0) is 28.5. The Morgan fingerprint density at radius 1 is 0.756 bits per heavy atom. The fourth-order valence-corrected chi connectivity index (χ4v) is 6.74. The summed E-state index contributed by atoms with van der Waals surface area (Å²) in [6, 6.07) is 33.5. The van der Waals surface area contributed by atoms with E-state index < -0.39 is 10.8 Å². The minimum absolute atomic E-state index is 0.137. The minimum Gasteiger partial charge on any atom is -0.369 e. The molecule has 6 nitrogen and oxygen atoms in total. The molecule has 2 fully saturated rings. The lowest BCUT2D eigenvalue weighted by molar-refractivity contribution is -0.126. The number of amides is 3. The van der Waals surface area contributed by atoms with Crippen molar-refractivity contribution in [3.8, 4) is 0 Å². The summed E-state index contributed by atoms with van der Waals surface area (Å²) in [6.07, 6.45) is 2.33. The Kier molecular flexibility index (Phi) is 7.18. The quantitative estimate of drug-likeness (QED) is 0.329. The number of primary amides is 1. The van der Waals surface area contributed by atoms with Crippen molar-refractivity contribution in [2.45, 2.75) is 36.5 Å². The molecule has 41 heavy (non-hydrogen) atoms. The van der Waals surface area contributed by atoms with Gasteiger partial charge in [-0.05, 0) is 72.9 Å². The molecule has 2 aliphatic heterocycles. The van der Waals surface area contributed by atoms with Gasteiger partial charge in [0.2, 0.25) is 11.8 Å². The molecule has 0 aromatic heterocycles. The molecule has 2 N–H and O–H groups in total. The van der Waals surface area contributed by atoms with Crippen LogP contribution in [-0.4, -0.2) is 53.7 Å². The molecule has 4 aromatic rings. The number of nitrogens with two attached hydrogens (primary N) is 1. The summed E-state index contributed by atoms with van der Waals surface area (Å²) in [5.74, 6) is -0.653. The molecule has 3 amide bonds. The first-order valence-corrected chi connectivity index (χ1v) is 14.4. The maximum atomic E-state index is 13.4. The number of piperidine rings is 1. The minimum atomic E-state index is -0.657. The molecule has 0 saturated carbocycles. The number of hydrogen-bond donors (Lipinski definition) is 1. The van der Waals surface area contributed by atoms with Gasteiger partial charge < -0.3 is 10.6 Å². The molecular weight excluding hydrogens is 510 g/mol. The zero-order valence-corrected chi connectivity index (χ0v) is 23.2. The summed E-state index contributed by atoms with van der Waals surface area (Å²) in [7, 11) is 0. The van der Waals surface area contributed by atoms with Crippen LogP contribution in [0, 0.1) is 0 Å². The second-order valence-electron chi connectivity index (χ2n) is 11.6. The van der Waals surface area contributed by atoms with E-state index in [1.54, 1.807) is 12.1 Å². The van der Waals surface area contributed by atoms with E-state index in [0.29, 0.717) is 24.9 Å². The van der Waals surface area contributed by atoms with Crippen LogP contribution < -0.4 is 5.73 Å². The number of benzene rings is 4. The molecule has 2 saturated heterocycles. The highest BCUT2D eigenvalue weighted by Crippen LogP contribution is 2.41. The summed E-state index contributed by atoms with van der Waals surface area (Å²) >= 11 is 0. The van der Waals surface area contributed by atoms with E-state index in [1.165, 1.54) is 4.90 Å². The number of carbonyl (C=O) groups excluding carboxylic acids is 3. The summed E-state index contributed by atoms with van der Waals surface area (Å²) in [4.78, 5) is 43.4. The molecule has 1 atom stereocenters. The van der Waals surface area contributed by atoms with Crippen LogP contribution in [0.5, 0.6) is 0 Å². The fourth-order valence-electron chi connectivity index (χ4n) is 6.74. The highest BCUT2D eigenvalue weighted by molar-refractivity contribution is 6.06. The molecular formula is C35H35N3O3. The number of imide groups is 1. The summed E-state index contributed by atoms with van der Waals surface area (Å²) < 4.78 is 0. The fraction of sp³-hybridized carbons (Fsp3) is 0.286. The van der Waals surface area contributed by atoms with Gasteiger partial charge in [-0.15, -0.1) is 0 Å². The topological polar surface area (TPSA) is 83.7 Å². The number of carbonyl (C=O) groups is 3. The molecule has 6 heteroatoms. The molecule has 0 spiro atoms. The largest absolute Gasteiger partial charge is 0.369 e. The van der Waals surface area contributed by atoms with Crippen molar-refractivity contribution in [2.75, 3.05) is 26.2 Å². The van der Waals surface area contributed by atoms with Crippen molar-refractivity contribution in [1.29, 1.82) is 0 Å². The number of nitrogens with zero attached hydrogens (tertiary/aromatic N) is 2. The van der Waals surface area contributed by atoms with Crippen LogP contribution in [0.15, 0.2) is 103 Å². The summed E-state index contributed by atoms with van der Waals surface area (Å²) in [6.45, 7) is 2.59. The Morgan fingerprint density at radius 2 is 1.39 bits per heavy atom. The van der Waals surface area contributed by atoms with Crippen molar-refractivity contribution in [3.63, 3.8) is 0 Å². The lowest BCUT2D eigenvalue weighted by Crippen LogP contribution is -2.50. The van der Waals surface area contributed by atoms with Crippen LogP contribution in [0.2, 0.25) is 0 Å². The third-order valence-electron chi connectivity index (χ3n) is 9.29. The Hall–Kier alpha value is -4.29. The molecule has 0 aliphatic carbocycles. The van der Waals surface area contributed by atoms with Crippen molar-refractivity contribution in [3.05, 3.63) is 120 Å². The van der Waals surface area contributed by atoms with Gasteiger partial charge in [0, 0.05) is 23.9 Å². The van der Waals surface area contributed by atoms with Gasteiger partial charge in [0.25, 0.3) is 5.91 Å². The number of likely N-dealkylation sites (tertiary alicyclic amines) is 2. The SMILES string of the molecule is NC(=O)C1(c2ccccc2)CCN(CCC2(c3ccc4ccccc4c3)CC(=O)N(C(=O)c3ccccc3)C2)CC1. The Bertz CT molecular complexity index is 1580. The first kappa shape index (κ1) is 26.9. The van der Waals surface area contributed by atoms with Gasteiger partial charge in [0.1, 0.15) is 0 Å². The average molecular weight is 546 g/mol. The number of fused-ring (bicyclic) bond motifs is 1. The van der Waals surface area contributed by atoms with Gasteiger partial charge >= 0.3 is 0 Å². The van der Waals surface area contributed by atoms with E-state index in [0.717, 1.165) is 48.0 Å². The van der Waals surface area contributed by atoms with E-state index in [9.17, 15) is 14.4 Å². The van der Waals surface area contributed by atoms with Crippen LogP contribution in [0.4, 0.5) is 0 Å². The van der Waals surface area contributed by atoms with Gasteiger partial charge in [-0.3, -0.25) is 19.3 Å². The van der Waals surface area contributed by atoms with Gasteiger partial charge in [0.15, 0.2) is 0 Å². The van der Waals surface area contributed by atoms with E-state index in [2.05, 4.69) is 35.2 Å². The molecule has 0 bridgehead atoms.